The van der Waals surface area contributed by atoms with Crippen LogP contribution < -0.4 is 0 Å². The fourth-order valence-electron chi connectivity index (χ4n) is 2.29. The fraction of sp³-hybridized carbons (Fsp3) is 0.938. The molecule has 0 radical (unpaired) electrons. The van der Waals surface area contributed by atoms with Gasteiger partial charge in [-0.15, -0.1) is 0 Å². The average Bonchev–Trinajstić information content (AvgIpc) is 2.34. The maximum atomic E-state index is 10.3. The minimum absolute atomic E-state index is 0.340. The molecule has 0 fully saturated rings. The van der Waals surface area contributed by atoms with E-state index >= 15 is 0 Å². The van der Waals surface area contributed by atoms with Crippen LogP contribution in [0.15, 0.2) is 0 Å². The molecular formula is C16H31BrO2. The summed E-state index contributed by atoms with van der Waals surface area (Å²) >= 11 is 3.58. The van der Waals surface area contributed by atoms with Gasteiger partial charge in [-0.3, -0.25) is 4.79 Å². The molecule has 2 nitrogen and oxygen atoms in total. The molecule has 0 saturated carbocycles. The van der Waals surface area contributed by atoms with E-state index in [1.807, 2.05) is 0 Å². The molecule has 0 rings (SSSR count). The summed E-state index contributed by atoms with van der Waals surface area (Å²) in [7, 11) is 0. The van der Waals surface area contributed by atoms with Gasteiger partial charge >= 0.3 is 5.97 Å². The molecule has 1 unspecified atom stereocenters. The van der Waals surface area contributed by atoms with Crippen molar-refractivity contribution in [2.45, 2.75) is 95.2 Å². The predicted octanol–water partition coefficient (Wildman–Crippen LogP) is 5.93. The molecule has 0 aliphatic carbocycles. The van der Waals surface area contributed by atoms with Crippen LogP contribution in [-0.2, 0) is 4.79 Å². The summed E-state index contributed by atoms with van der Waals surface area (Å²) in [6.07, 6.45) is 15.6. The minimum Gasteiger partial charge on any atom is -0.481 e. The Balaban J connectivity index is 2.97. The van der Waals surface area contributed by atoms with E-state index in [1.54, 1.807) is 0 Å². The Morgan fingerprint density at radius 2 is 1.21 bits per heavy atom. The van der Waals surface area contributed by atoms with Crippen LogP contribution in [-0.4, -0.2) is 15.9 Å². The van der Waals surface area contributed by atoms with Gasteiger partial charge in [-0.2, -0.15) is 0 Å². The summed E-state index contributed by atoms with van der Waals surface area (Å²) in [6, 6.07) is 0. The van der Waals surface area contributed by atoms with Gasteiger partial charge in [0.05, 0.1) is 0 Å². The largest absolute Gasteiger partial charge is 0.481 e. The molecule has 0 saturated heterocycles. The molecule has 0 aliphatic heterocycles. The molecule has 0 spiro atoms. The highest BCUT2D eigenvalue weighted by molar-refractivity contribution is 9.09. The van der Waals surface area contributed by atoms with E-state index in [1.165, 1.54) is 64.2 Å². The van der Waals surface area contributed by atoms with Crippen LogP contribution in [0.3, 0.4) is 0 Å². The monoisotopic (exact) mass is 334 g/mol. The second-order valence-electron chi connectivity index (χ2n) is 5.60. The molecule has 1 atom stereocenters. The summed E-state index contributed by atoms with van der Waals surface area (Å²) in [5.74, 6) is -0.658. The third-order valence-corrected chi connectivity index (χ3v) is 3.95. The van der Waals surface area contributed by atoms with Gasteiger partial charge in [0.15, 0.2) is 0 Å². The quantitative estimate of drug-likeness (QED) is 0.316. The molecule has 0 aromatic carbocycles. The zero-order chi connectivity index (χ0) is 14.3. The lowest BCUT2D eigenvalue weighted by molar-refractivity contribution is -0.137. The third kappa shape index (κ3) is 17.9. The molecule has 0 aromatic rings. The summed E-state index contributed by atoms with van der Waals surface area (Å²) in [5.41, 5.74) is 0. The van der Waals surface area contributed by atoms with Gasteiger partial charge in [0.1, 0.15) is 0 Å². The Morgan fingerprint density at radius 3 is 1.58 bits per heavy atom. The highest BCUT2D eigenvalue weighted by Crippen LogP contribution is 2.14. The minimum atomic E-state index is -0.658. The Labute approximate surface area is 127 Å². The number of rotatable bonds is 14. The van der Waals surface area contributed by atoms with Crippen molar-refractivity contribution < 1.29 is 9.90 Å². The molecule has 0 amide bonds. The van der Waals surface area contributed by atoms with Crippen LogP contribution in [0.2, 0.25) is 0 Å². The van der Waals surface area contributed by atoms with Crippen molar-refractivity contribution in [2.75, 3.05) is 0 Å². The Kier molecular flexibility index (Phi) is 14.3. The van der Waals surface area contributed by atoms with Gasteiger partial charge < -0.3 is 5.11 Å². The maximum absolute atomic E-state index is 10.3. The molecule has 1 N–H and O–H groups in total. The molecule has 19 heavy (non-hydrogen) atoms. The second-order valence-corrected chi connectivity index (χ2v) is 7.17. The summed E-state index contributed by atoms with van der Waals surface area (Å²) in [4.78, 5) is 11.0. The second kappa shape index (κ2) is 14.4. The van der Waals surface area contributed by atoms with Crippen molar-refractivity contribution in [1.29, 1.82) is 0 Å². The van der Waals surface area contributed by atoms with E-state index in [0.717, 1.165) is 12.8 Å². The Morgan fingerprint density at radius 1 is 0.842 bits per heavy atom. The van der Waals surface area contributed by atoms with E-state index < -0.39 is 5.97 Å². The SMILES string of the molecule is CC(Br)CCCCCCCCCCCCCC(=O)O. The number of aliphatic carboxylic acids is 1. The van der Waals surface area contributed by atoms with Crippen LogP contribution in [0.25, 0.3) is 0 Å². The first-order valence-electron chi connectivity index (χ1n) is 7.99. The lowest BCUT2D eigenvalue weighted by atomic mass is 10.0. The molecular weight excluding hydrogens is 304 g/mol. The molecule has 0 aromatic heterocycles. The number of halogens is 1. The average molecular weight is 335 g/mol. The summed E-state index contributed by atoms with van der Waals surface area (Å²) in [5, 5.41) is 8.50. The van der Waals surface area contributed by atoms with Crippen molar-refractivity contribution in [3.05, 3.63) is 0 Å². The lowest BCUT2D eigenvalue weighted by Gasteiger charge is -2.04. The van der Waals surface area contributed by atoms with Gasteiger partial charge in [0, 0.05) is 11.2 Å². The normalized spacial score (nSPS) is 12.5. The first-order valence-corrected chi connectivity index (χ1v) is 8.90. The number of unbranched alkanes of at least 4 members (excludes halogenated alkanes) is 10. The number of carbonyl (C=O) groups is 1. The molecule has 114 valence electrons. The summed E-state index contributed by atoms with van der Waals surface area (Å²) < 4.78 is 0. The molecule has 3 heteroatoms. The predicted molar refractivity (Wildman–Crippen MR) is 86.0 cm³/mol. The van der Waals surface area contributed by atoms with Crippen LogP contribution in [0, 0.1) is 0 Å². The van der Waals surface area contributed by atoms with Gasteiger partial charge in [-0.05, 0) is 12.8 Å². The van der Waals surface area contributed by atoms with E-state index in [0.29, 0.717) is 11.2 Å². The number of carboxylic acids is 1. The molecule has 0 aliphatic rings. The zero-order valence-electron chi connectivity index (χ0n) is 12.5. The highest BCUT2D eigenvalue weighted by atomic mass is 79.9. The van der Waals surface area contributed by atoms with Crippen LogP contribution >= 0.6 is 15.9 Å². The van der Waals surface area contributed by atoms with Crippen molar-refractivity contribution in [3.8, 4) is 0 Å². The van der Waals surface area contributed by atoms with Crippen molar-refractivity contribution >= 4 is 21.9 Å². The Bertz CT molecular complexity index is 205. The smallest absolute Gasteiger partial charge is 0.303 e. The van der Waals surface area contributed by atoms with Crippen molar-refractivity contribution in [1.82, 2.24) is 0 Å². The molecule has 0 bridgehead atoms. The standard InChI is InChI=1S/C16H31BrO2/c1-15(17)13-11-9-7-5-3-2-4-6-8-10-12-14-16(18)19/h15H,2-14H2,1H3,(H,18,19). The van der Waals surface area contributed by atoms with Crippen LogP contribution in [0.1, 0.15) is 90.4 Å². The van der Waals surface area contributed by atoms with E-state index in [-0.39, 0.29) is 0 Å². The number of carboxylic acid groups (broad SMARTS) is 1. The first-order chi connectivity index (χ1) is 9.13. The van der Waals surface area contributed by atoms with E-state index in [9.17, 15) is 4.79 Å². The van der Waals surface area contributed by atoms with Gasteiger partial charge in [-0.25, -0.2) is 0 Å². The Hall–Kier alpha value is -0.0500. The van der Waals surface area contributed by atoms with E-state index in [2.05, 4.69) is 22.9 Å². The maximum Gasteiger partial charge on any atom is 0.303 e. The molecule has 0 heterocycles. The van der Waals surface area contributed by atoms with Gasteiger partial charge in [0.2, 0.25) is 0 Å². The first kappa shape index (κ1) is 18.9. The van der Waals surface area contributed by atoms with Crippen molar-refractivity contribution in [3.63, 3.8) is 0 Å². The fourth-order valence-corrected chi connectivity index (χ4v) is 2.62. The topological polar surface area (TPSA) is 37.3 Å². The van der Waals surface area contributed by atoms with Crippen LogP contribution in [0.5, 0.6) is 0 Å². The van der Waals surface area contributed by atoms with E-state index in [4.69, 9.17) is 5.11 Å². The van der Waals surface area contributed by atoms with Crippen LogP contribution in [0.4, 0.5) is 0 Å². The number of hydrogen-bond donors (Lipinski definition) is 1. The lowest BCUT2D eigenvalue weighted by Crippen LogP contribution is -1.93. The van der Waals surface area contributed by atoms with Gasteiger partial charge in [0.25, 0.3) is 0 Å². The van der Waals surface area contributed by atoms with Gasteiger partial charge in [-0.1, -0.05) is 87.1 Å². The highest BCUT2D eigenvalue weighted by Gasteiger charge is 1.97. The number of hydrogen-bond acceptors (Lipinski definition) is 1. The van der Waals surface area contributed by atoms with Crippen molar-refractivity contribution in [2.24, 2.45) is 0 Å². The number of alkyl halides is 1. The third-order valence-electron chi connectivity index (χ3n) is 3.49. The zero-order valence-corrected chi connectivity index (χ0v) is 14.1. The summed E-state index contributed by atoms with van der Waals surface area (Å²) in [6.45, 7) is 2.22.